The van der Waals surface area contributed by atoms with Crippen LogP contribution >= 0.6 is 0 Å². The predicted octanol–water partition coefficient (Wildman–Crippen LogP) is 2.60. The number of methoxy groups -OCH3 is 1. The lowest BCUT2D eigenvalue weighted by Crippen LogP contribution is -2.38. The Morgan fingerprint density at radius 3 is 2.79 bits per heavy atom. The molecule has 0 bridgehead atoms. The fourth-order valence-corrected chi connectivity index (χ4v) is 2.25. The molecule has 24 heavy (non-hydrogen) atoms. The van der Waals surface area contributed by atoms with Crippen LogP contribution in [-0.2, 0) is 13.0 Å². The summed E-state index contributed by atoms with van der Waals surface area (Å²) in [6.07, 6.45) is 0.888. The fourth-order valence-electron chi connectivity index (χ4n) is 2.25. The second-order valence-electron chi connectivity index (χ2n) is 5.47. The molecule has 0 aliphatic rings. The molecule has 6 nitrogen and oxygen atoms in total. The molecule has 0 fully saturated rings. The Bertz CT molecular complexity index is 660. The molecule has 0 atom stereocenters. The van der Waals surface area contributed by atoms with E-state index in [1.54, 1.807) is 7.11 Å². The monoisotopic (exact) mass is 330 g/mol. The van der Waals surface area contributed by atoms with Gasteiger partial charge in [-0.3, -0.25) is 0 Å². The Hall–Kier alpha value is -2.50. The van der Waals surface area contributed by atoms with E-state index in [2.05, 4.69) is 26.7 Å². The van der Waals surface area contributed by atoms with E-state index in [1.807, 2.05) is 39.0 Å². The Morgan fingerprint density at radius 1 is 1.29 bits per heavy atom. The average molecular weight is 330 g/mol. The molecule has 2 aromatic rings. The van der Waals surface area contributed by atoms with Gasteiger partial charge in [0.1, 0.15) is 18.1 Å². The van der Waals surface area contributed by atoms with Crippen LogP contribution in [0.5, 0.6) is 5.75 Å². The average Bonchev–Trinajstić information content (AvgIpc) is 2.91. The summed E-state index contributed by atoms with van der Waals surface area (Å²) in [6.45, 7) is 7.88. The quantitative estimate of drug-likeness (QED) is 0.603. The van der Waals surface area contributed by atoms with E-state index >= 15 is 0 Å². The molecule has 0 saturated carbocycles. The zero-order valence-corrected chi connectivity index (χ0v) is 14.8. The molecule has 130 valence electrons. The van der Waals surface area contributed by atoms with Crippen LogP contribution in [0.2, 0.25) is 0 Å². The number of nitrogens with zero attached hydrogens (tertiary/aromatic N) is 2. The summed E-state index contributed by atoms with van der Waals surface area (Å²) < 4.78 is 10.8. The van der Waals surface area contributed by atoms with Crippen molar-refractivity contribution in [3.05, 3.63) is 47.2 Å². The number of hydrogen-bond acceptors (Lipinski definition) is 4. The van der Waals surface area contributed by atoms with Crippen LogP contribution in [0.3, 0.4) is 0 Å². The SMILES string of the molecule is CCNC(=NCc1nc(C)c(C)o1)NCCc1cccc(OC)c1. The fraction of sp³-hybridized carbons (Fsp3) is 0.444. The molecular weight excluding hydrogens is 304 g/mol. The minimum Gasteiger partial charge on any atom is -0.497 e. The summed E-state index contributed by atoms with van der Waals surface area (Å²) in [7, 11) is 1.68. The van der Waals surface area contributed by atoms with Gasteiger partial charge >= 0.3 is 0 Å². The third-order valence-corrected chi connectivity index (χ3v) is 3.63. The maximum atomic E-state index is 5.55. The minimum absolute atomic E-state index is 0.420. The van der Waals surface area contributed by atoms with Crippen molar-refractivity contribution in [2.24, 2.45) is 4.99 Å². The highest BCUT2D eigenvalue weighted by molar-refractivity contribution is 5.79. The van der Waals surface area contributed by atoms with E-state index in [4.69, 9.17) is 9.15 Å². The minimum atomic E-state index is 0.420. The lowest BCUT2D eigenvalue weighted by atomic mass is 10.1. The van der Waals surface area contributed by atoms with Crippen LogP contribution in [0.15, 0.2) is 33.7 Å². The number of aromatic nitrogens is 1. The third kappa shape index (κ3) is 5.30. The summed E-state index contributed by atoms with van der Waals surface area (Å²) in [4.78, 5) is 8.86. The van der Waals surface area contributed by atoms with Gasteiger partial charge in [-0.1, -0.05) is 12.1 Å². The lowest BCUT2D eigenvalue weighted by Gasteiger charge is -2.11. The molecule has 0 unspecified atom stereocenters. The third-order valence-electron chi connectivity index (χ3n) is 3.63. The van der Waals surface area contributed by atoms with E-state index in [9.17, 15) is 0 Å². The number of guanidine groups is 1. The number of oxazole rings is 1. The molecule has 0 aliphatic carbocycles. The first kappa shape index (κ1) is 17.8. The van der Waals surface area contributed by atoms with Gasteiger partial charge in [0.25, 0.3) is 0 Å². The molecule has 2 N–H and O–H groups in total. The van der Waals surface area contributed by atoms with Gasteiger partial charge < -0.3 is 19.8 Å². The smallest absolute Gasteiger partial charge is 0.216 e. The van der Waals surface area contributed by atoms with Crippen LogP contribution in [-0.4, -0.2) is 31.1 Å². The zero-order valence-electron chi connectivity index (χ0n) is 14.8. The number of rotatable bonds is 7. The van der Waals surface area contributed by atoms with Crippen molar-refractivity contribution < 1.29 is 9.15 Å². The van der Waals surface area contributed by atoms with Crippen molar-refractivity contribution >= 4 is 5.96 Å². The summed E-state index contributed by atoms with van der Waals surface area (Å²) in [5.74, 6) is 3.11. The number of aliphatic imine (C=N–C) groups is 1. The maximum Gasteiger partial charge on any atom is 0.216 e. The summed E-state index contributed by atoms with van der Waals surface area (Å²) in [6, 6.07) is 8.08. The molecular formula is C18H26N4O2. The van der Waals surface area contributed by atoms with Gasteiger partial charge in [-0.15, -0.1) is 0 Å². The molecule has 0 radical (unpaired) electrons. The number of benzene rings is 1. The predicted molar refractivity (Wildman–Crippen MR) is 95.5 cm³/mol. The van der Waals surface area contributed by atoms with Crippen molar-refractivity contribution in [1.82, 2.24) is 15.6 Å². The van der Waals surface area contributed by atoms with Crippen molar-refractivity contribution in [3.8, 4) is 5.75 Å². The lowest BCUT2D eigenvalue weighted by molar-refractivity contribution is 0.414. The van der Waals surface area contributed by atoms with Gasteiger partial charge in [-0.05, 0) is 44.9 Å². The van der Waals surface area contributed by atoms with Crippen LogP contribution in [0.25, 0.3) is 0 Å². The highest BCUT2D eigenvalue weighted by Gasteiger charge is 2.05. The maximum absolute atomic E-state index is 5.55. The van der Waals surface area contributed by atoms with E-state index in [0.29, 0.717) is 12.4 Å². The number of ether oxygens (including phenoxy) is 1. The van der Waals surface area contributed by atoms with Crippen LogP contribution in [0, 0.1) is 13.8 Å². The first-order valence-corrected chi connectivity index (χ1v) is 8.20. The molecule has 2 rings (SSSR count). The Balaban J connectivity index is 1.89. The van der Waals surface area contributed by atoms with Crippen molar-refractivity contribution in [2.75, 3.05) is 20.2 Å². The molecule has 0 aliphatic heterocycles. The molecule has 0 amide bonds. The van der Waals surface area contributed by atoms with Gasteiger partial charge in [0.2, 0.25) is 5.89 Å². The molecule has 1 aromatic carbocycles. The Morgan fingerprint density at radius 2 is 2.12 bits per heavy atom. The highest BCUT2D eigenvalue weighted by Crippen LogP contribution is 2.12. The molecule has 0 saturated heterocycles. The molecule has 6 heteroatoms. The zero-order chi connectivity index (χ0) is 17.4. The van der Waals surface area contributed by atoms with Crippen molar-refractivity contribution in [1.29, 1.82) is 0 Å². The van der Waals surface area contributed by atoms with Gasteiger partial charge in [0, 0.05) is 13.1 Å². The van der Waals surface area contributed by atoms with Crippen LogP contribution < -0.4 is 15.4 Å². The Labute approximate surface area is 143 Å². The highest BCUT2D eigenvalue weighted by atomic mass is 16.5. The second kappa shape index (κ2) is 8.96. The van der Waals surface area contributed by atoms with E-state index in [0.717, 1.165) is 42.7 Å². The van der Waals surface area contributed by atoms with Gasteiger partial charge in [-0.25, -0.2) is 9.98 Å². The first-order valence-electron chi connectivity index (χ1n) is 8.20. The van der Waals surface area contributed by atoms with Crippen LogP contribution in [0.4, 0.5) is 0 Å². The van der Waals surface area contributed by atoms with Crippen molar-refractivity contribution in [2.45, 2.75) is 33.7 Å². The van der Waals surface area contributed by atoms with E-state index < -0.39 is 0 Å². The van der Waals surface area contributed by atoms with Gasteiger partial charge in [0.15, 0.2) is 5.96 Å². The van der Waals surface area contributed by atoms with E-state index in [1.165, 1.54) is 5.56 Å². The topological polar surface area (TPSA) is 71.7 Å². The summed E-state index contributed by atoms with van der Waals surface area (Å²) in [5, 5.41) is 6.55. The molecule has 0 spiro atoms. The van der Waals surface area contributed by atoms with Crippen LogP contribution in [0.1, 0.15) is 29.8 Å². The van der Waals surface area contributed by atoms with Gasteiger partial charge in [-0.2, -0.15) is 0 Å². The summed E-state index contributed by atoms with van der Waals surface area (Å²) >= 11 is 0. The normalized spacial score (nSPS) is 11.4. The summed E-state index contributed by atoms with van der Waals surface area (Å²) in [5.41, 5.74) is 2.13. The standard InChI is InChI=1S/C18H26N4O2/c1-5-19-18(21-12-17-22-13(2)14(3)24-17)20-10-9-15-7-6-8-16(11-15)23-4/h6-8,11H,5,9-10,12H2,1-4H3,(H2,19,20,21). The van der Waals surface area contributed by atoms with Crippen molar-refractivity contribution in [3.63, 3.8) is 0 Å². The van der Waals surface area contributed by atoms with E-state index in [-0.39, 0.29) is 0 Å². The second-order valence-corrected chi connectivity index (χ2v) is 5.47. The number of aryl methyl sites for hydroxylation is 2. The number of nitrogens with one attached hydrogen (secondary N) is 2. The first-order chi connectivity index (χ1) is 11.6. The molecule has 1 aromatic heterocycles. The largest absolute Gasteiger partial charge is 0.497 e. The van der Waals surface area contributed by atoms with Gasteiger partial charge in [0.05, 0.1) is 12.8 Å². The Kier molecular flexibility index (Phi) is 6.66. The number of hydrogen-bond donors (Lipinski definition) is 2. The molecule has 1 heterocycles.